The fourth-order valence-electron chi connectivity index (χ4n) is 2.07. The highest BCUT2D eigenvalue weighted by molar-refractivity contribution is 6.01. The van der Waals surface area contributed by atoms with Crippen LogP contribution in [0.15, 0.2) is 46.6 Å². The minimum Gasteiger partial charge on any atom is -0.369 e. The third kappa shape index (κ3) is 9.38. The second-order valence-corrected chi connectivity index (χ2v) is 5.93. The number of aromatic nitrogens is 2. The normalized spacial score (nSPS) is 12.4. The Morgan fingerprint density at radius 3 is 2.52 bits per heavy atom. The highest BCUT2D eigenvalue weighted by Gasteiger charge is 2.27. The zero-order valence-electron chi connectivity index (χ0n) is 15.9. The van der Waals surface area contributed by atoms with E-state index in [1.807, 2.05) is 0 Å². The van der Waals surface area contributed by atoms with E-state index >= 15 is 0 Å². The van der Waals surface area contributed by atoms with Gasteiger partial charge in [-0.3, -0.25) is 4.79 Å². The Labute approximate surface area is 173 Å². The third-order valence-corrected chi connectivity index (χ3v) is 3.38. The summed E-state index contributed by atoms with van der Waals surface area (Å²) in [5, 5.41) is 7.22. The molecule has 0 bridgehead atoms. The van der Waals surface area contributed by atoms with E-state index in [0.29, 0.717) is 5.69 Å². The third-order valence-electron chi connectivity index (χ3n) is 3.38. The van der Waals surface area contributed by atoms with Gasteiger partial charge in [-0.2, -0.15) is 23.2 Å². The van der Waals surface area contributed by atoms with Crippen LogP contribution in [0.1, 0.15) is 6.42 Å². The first-order valence-corrected chi connectivity index (χ1v) is 8.71. The molecule has 2 rings (SSSR count). The number of carbonyl (C=O) groups excluding carboxylic acids is 1. The minimum absolute atomic E-state index is 0.0338. The van der Waals surface area contributed by atoms with Crippen molar-refractivity contribution < 1.29 is 22.4 Å². The largest absolute Gasteiger partial charge is 0.405 e. The zero-order valence-corrected chi connectivity index (χ0v) is 15.9. The molecule has 1 amide bonds. The summed E-state index contributed by atoms with van der Waals surface area (Å²) < 4.78 is 49.0. The SMILES string of the molecule is NC(=Nc1cc(NCCC(=O)NCC(F)(F)F)ncn1)N=C(N)Nc1ccc(F)cc1. The van der Waals surface area contributed by atoms with Crippen LogP contribution in [0.25, 0.3) is 0 Å². The molecule has 0 saturated heterocycles. The molecule has 0 saturated carbocycles. The van der Waals surface area contributed by atoms with Crippen molar-refractivity contribution in [1.29, 1.82) is 0 Å². The highest BCUT2D eigenvalue weighted by Crippen LogP contribution is 2.13. The Hall–Kier alpha value is -3.97. The number of nitrogens with one attached hydrogen (secondary N) is 3. The molecule has 1 heterocycles. The second kappa shape index (κ2) is 10.7. The number of anilines is 2. The molecule has 0 aliphatic carbocycles. The lowest BCUT2D eigenvalue weighted by atomic mass is 10.3. The Bertz CT molecular complexity index is 945. The van der Waals surface area contributed by atoms with Crippen molar-refractivity contribution in [2.75, 3.05) is 23.7 Å². The summed E-state index contributed by atoms with van der Waals surface area (Å²) in [6.45, 7) is -1.36. The van der Waals surface area contributed by atoms with Crippen LogP contribution in [0.4, 0.5) is 34.9 Å². The van der Waals surface area contributed by atoms with Crippen LogP contribution in [-0.2, 0) is 4.79 Å². The van der Waals surface area contributed by atoms with Crippen LogP contribution in [-0.4, -0.2) is 47.1 Å². The van der Waals surface area contributed by atoms with Gasteiger partial charge in [0.2, 0.25) is 17.8 Å². The number of hydrogen-bond donors (Lipinski definition) is 5. The Balaban J connectivity index is 1.89. The van der Waals surface area contributed by atoms with Crippen LogP contribution >= 0.6 is 0 Å². The van der Waals surface area contributed by atoms with E-state index < -0.39 is 24.4 Å². The molecule has 0 fully saturated rings. The number of nitrogens with zero attached hydrogens (tertiary/aromatic N) is 4. The fourth-order valence-corrected chi connectivity index (χ4v) is 2.07. The Morgan fingerprint density at radius 2 is 1.84 bits per heavy atom. The topological polar surface area (TPSA) is 156 Å². The second-order valence-electron chi connectivity index (χ2n) is 5.93. The van der Waals surface area contributed by atoms with Crippen molar-refractivity contribution in [3.05, 3.63) is 42.5 Å². The molecule has 0 atom stereocenters. The molecule has 0 spiro atoms. The maximum Gasteiger partial charge on any atom is 0.405 e. The van der Waals surface area contributed by atoms with E-state index in [4.69, 9.17) is 11.5 Å². The molecule has 14 heteroatoms. The van der Waals surface area contributed by atoms with Crippen molar-refractivity contribution in [3.8, 4) is 0 Å². The molecule has 10 nitrogen and oxygen atoms in total. The van der Waals surface area contributed by atoms with Gasteiger partial charge in [0.05, 0.1) is 0 Å². The van der Waals surface area contributed by atoms with E-state index in [0.717, 1.165) is 0 Å². The molecule has 0 unspecified atom stereocenters. The number of alkyl halides is 3. The Kier molecular flexibility index (Phi) is 8.05. The number of hydrogen-bond acceptors (Lipinski definition) is 5. The van der Waals surface area contributed by atoms with Crippen LogP contribution < -0.4 is 27.4 Å². The number of guanidine groups is 2. The average molecular weight is 441 g/mol. The summed E-state index contributed by atoms with van der Waals surface area (Å²) in [7, 11) is 0. The van der Waals surface area contributed by atoms with Crippen molar-refractivity contribution >= 4 is 35.1 Å². The standard InChI is InChI=1S/C17H19F4N9O/c18-10-1-3-11(4-2-10)28-15(22)30-16(23)29-13-7-12(26-9-27-13)24-6-5-14(31)25-8-17(19,20)21/h1-4,7,9H,5-6,8H2,(H,25,31)(H6,22,23,24,26,27,28,29,30). The first-order valence-electron chi connectivity index (χ1n) is 8.71. The monoisotopic (exact) mass is 441 g/mol. The lowest BCUT2D eigenvalue weighted by Gasteiger charge is -2.09. The van der Waals surface area contributed by atoms with Crippen LogP contribution in [0.5, 0.6) is 0 Å². The quantitative estimate of drug-likeness (QED) is 0.247. The molecule has 0 aliphatic heterocycles. The summed E-state index contributed by atoms with van der Waals surface area (Å²) in [6, 6.07) is 6.78. The minimum atomic E-state index is -4.47. The number of nitrogens with two attached hydrogens (primary N) is 2. The van der Waals surface area contributed by atoms with Gasteiger partial charge >= 0.3 is 6.18 Å². The van der Waals surface area contributed by atoms with E-state index in [2.05, 4.69) is 30.6 Å². The lowest BCUT2D eigenvalue weighted by molar-refractivity contribution is -0.138. The molecule has 7 N–H and O–H groups in total. The number of aliphatic imine (C=N–C) groups is 2. The number of rotatable bonds is 7. The zero-order chi connectivity index (χ0) is 22.9. The Morgan fingerprint density at radius 1 is 1.13 bits per heavy atom. The maximum absolute atomic E-state index is 12.9. The lowest BCUT2D eigenvalue weighted by Crippen LogP contribution is -2.34. The summed E-state index contributed by atoms with van der Waals surface area (Å²) in [5.74, 6) is -1.10. The van der Waals surface area contributed by atoms with Crippen molar-refractivity contribution in [1.82, 2.24) is 15.3 Å². The molecular weight excluding hydrogens is 422 g/mol. The van der Waals surface area contributed by atoms with Crippen LogP contribution in [0.2, 0.25) is 0 Å². The number of benzene rings is 1. The van der Waals surface area contributed by atoms with E-state index in [9.17, 15) is 22.4 Å². The van der Waals surface area contributed by atoms with Gasteiger partial charge in [-0.25, -0.2) is 14.4 Å². The molecule has 1 aromatic heterocycles. The molecule has 31 heavy (non-hydrogen) atoms. The van der Waals surface area contributed by atoms with Gasteiger partial charge in [0.15, 0.2) is 5.82 Å². The molecule has 0 aliphatic rings. The predicted octanol–water partition coefficient (Wildman–Crippen LogP) is 1.47. The van der Waals surface area contributed by atoms with Crippen molar-refractivity contribution in [3.63, 3.8) is 0 Å². The first kappa shape index (κ1) is 23.3. The van der Waals surface area contributed by atoms with Gasteiger partial charge in [-0.15, -0.1) is 0 Å². The summed E-state index contributed by atoms with van der Waals surface area (Å²) in [6.07, 6.45) is -3.50. The van der Waals surface area contributed by atoms with Gasteiger partial charge < -0.3 is 27.4 Å². The summed E-state index contributed by atoms with van der Waals surface area (Å²) in [5.41, 5.74) is 11.9. The summed E-state index contributed by atoms with van der Waals surface area (Å²) in [4.78, 5) is 26.9. The molecule has 0 radical (unpaired) electrons. The first-order chi connectivity index (χ1) is 14.6. The van der Waals surface area contributed by atoms with Crippen LogP contribution in [0.3, 0.4) is 0 Å². The molecule has 166 valence electrons. The van der Waals surface area contributed by atoms with Gasteiger partial charge in [-0.05, 0) is 24.3 Å². The van der Waals surface area contributed by atoms with Crippen molar-refractivity contribution in [2.45, 2.75) is 12.6 Å². The number of carbonyl (C=O) groups is 1. The number of amides is 1. The van der Waals surface area contributed by atoms with Gasteiger partial charge in [0.1, 0.15) is 24.5 Å². The smallest absolute Gasteiger partial charge is 0.369 e. The fraction of sp³-hybridized carbons (Fsp3) is 0.235. The average Bonchev–Trinajstić information content (AvgIpc) is 2.68. The van der Waals surface area contributed by atoms with Gasteiger partial charge in [0, 0.05) is 24.7 Å². The molecule has 1 aromatic carbocycles. The predicted molar refractivity (Wildman–Crippen MR) is 107 cm³/mol. The number of halogens is 4. The summed E-state index contributed by atoms with van der Waals surface area (Å²) >= 11 is 0. The van der Waals surface area contributed by atoms with Crippen LogP contribution in [0, 0.1) is 5.82 Å². The van der Waals surface area contributed by atoms with E-state index in [1.165, 1.54) is 36.7 Å². The van der Waals surface area contributed by atoms with Gasteiger partial charge in [-0.1, -0.05) is 0 Å². The maximum atomic E-state index is 12.9. The van der Waals surface area contributed by atoms with Gasteiger partial charge in [0.25, 0.3) is 0 Å². The van der Waals surface area contributed by atoms with E-state index in [1.54, 1.807) is 5.32 Å². The van der Waals surface area contributed by atoms with Crippen molar-refractivity contribution in [2.24, 2.45) is 21.5 Å². The molecule has 2 aromatic rings. The van der Waals surface area contributed by atoms with E-state index in [-0.39, 0.29) is 36.5 Å². The highest BCUT2D eigenvalue weighted by atomic mass is 19.4. The molecular formula is C17H19F4N9O.